The average molecular weight is 447 g/mol. The molecular formula is C28H38N4O. The quantitative estimate of drug-likeness (QED) is 0.542. The van der Waals surface area contributed by atoms with Crippen molar-refractivity contribution in [3.8, 4) is 0 Å². The summed E-state index contributed by atoms with van der Waals surface area (Å²) < 4.78 is 3.68. The predicted octanol–water partition coefficient (Wildman–Crippen LogP) is 5.93. The van der Waals surface area contributed by atoms with E-state index >= 15 is 0 Å². The van der Waals surface area contributed by atoms with Gasteiger partial charge in [0.05, 0.1) is 17.6 Å². The van der Waals surface area contributed by atoms with Crippen LogP contribution in [0.1, 0.15) is 59.1 Å². The first kappa shape index (κ1) is 24.7. The lowest BCUT2D eigenvalue weighted by molar-refractivity contribution is 0.577. The summed E-state index contributed by atoms with van der Waals surface area (Å²) in [7, 11) is 1.86. The normalized spacial score (nSPS) is 19.2. The lowest BCUT2D eigenvalue weighted by Crippen LogP contribution is -2.31. The maximum atomic E-state index is 13.3. The lowest BCUT2D eigenvalue weighted by atomic mass is 9.96. The second-order valence-electron chi connectivity index (χ2n) is 8.15. The fourth-order valence-corrected chi connectivity index (χ4v) is 4.71. The minimum Gasteiger partial charge on any atom is -0.303 e. The van der Waals surface area contributed by atoms with Crippen LogP contribution in [0.2, 0.25) is 0 Å². The largest absolute Gasteiger partial charge is 0.333 e. The van der Waals surface area contributed by atoms with Gasteiger partial charge >= 0.3 is 5.69 Å². The molecule has 2 aromatic carbocycles. The molecule has 176 valence electrons. The van der Waals surface area contributed by atoms with E-state index in [1.165, 1.54) is 11.1 Å². The number of nitrogens with zero attached hydrogens (tertiary/aromatic N) is 3. The molecule has 1 aromatic heterocycles. The summed E-state index contributed by atoms with van der Waals surface area (Å²) in [5.74, 6) is 0. The Labute approximate surface area is 197 Å². The monoisotopic (exact) mass is 446 g/mol. The minimum absolute atomic E-state index is 0.00734. The number of aryl methyl sites for hydroxylation is 2. The van der Waals surface area contributed by atoms with Gasteiger partial charge in [0.15, 0.2) is 0 Å². The second kappa shape index (κ2) is 10.3. The van der Waals surface area contributed by atoms with Gasteiger partial charge in [0.1, 0.15) is 0 Å². The van der Waals surface area contributed by atoms with E-state index < -0.39 is 0 Å². The Balaban J connectivity index is 0.000000728. The van der Waals surface area contributed by atoms with Crippen LogP contribution in [0.5, 0.6) is 0 Å². The van der Waals surface area contributed by atoms with Crippen molar-refractivity contribution in [1.29, 1.82) is 0 Å². The van der Waals surface area contributed by atoms with E-state index in [0.29, 0.717) is 6.04 Å². The van der Waals surface area contributed by atoms with Crippen LogP contribution in [0.15, 0.2) is 46.2 Å². The molecule has 0 radical (unpaired) electrons. The van der Waals surface area contributed by atoms with Crippen molar-refractivity contribution in [3.05, 3.63) is 58.0 Å². The van der Waals surface area contributed by atoms with E-state index in [1.54, 1.807) is 4.57 Å². The van der Waals surface area contributed by atoms with Crippen molar-refractivity contribution in [1.82, 2.24) is 14.5 Å². The Morgan fingerprint density at radius 3 is 2.48 bits per heavy atom. The van der Waals surface area contributed by atoms with Crippen molar-refractivity contribution in [2.75, 3.05) is 6.54 Å². The number of imidazole rings is 1. The van der Waals surface area contributed by atoms with E-state index in [4.69, 9.17) is 0 Å². The molecule has 0 amide bonds. The summed E-state index contributed by atoms with van der Waals surface area (Å²) >= 11 is 0. The van der Waals surface area contributed by atoms with Crippen LogP contribution in [-0.2, 0) is 7.05 Å². The number of hydrogen-bond acceptors (Lipinski definition) is 3. The van der Waals surface area contributed by atoms with Crippen LogP contribution in [0.3, 0.4) is 0 Å². The molecule has 5 nitrogen and oxygen atoms in total. The molecule has 5 rings (SSSR count). The van der Waals surface area contributed by atoms with Gasteiger partial charge in [-0.15, -0.1) is 0 Å². The Kier molecular flexibility index (Phi) is 7.75. The average Bonchev–Trinajstić information content (AvgIpc) is 3.56. The van der Waals surface area contributed by atoms with Crippen molar-refractivity contribution >= 4 is 39.3 Å². The number of allylic oxidation sites excluding steroid dienone is 1. The van der Waals surface area contributed by atoms with Crippen LogP contribution in [-0.4, -0.2) is 34.0 Å². The number of nitrogens with one attached hydrogen (secondary N) is 1. The topological polar surface area (TPSA) is 51.3 Å². The standard InChI is InChI=1S/C24H26N4O.2C2H6/c1-5-18-11-22(15(3)26-18)28-23-20-12-19(17-8-9-25-13-17)14(2)10-16(20)6-7-21(23)27(4)24(28)29;2*1-2/h6-8,10-13,15,18,26H,5,9H2,1-4H3;2*1-2H3. The third-order valence-corrected chi connectivity index (χ3v) is 6.31. The molecule has 3 heterocycles. The lowest BCUT2D eigenvalue weighted by Gasteiger charge is -2.14. The summed E-state index contributed by atoms with van der Waals surface area (Å²) in [5.41, 5.74) is 6.57. The summed E-state index contributed by atoms with van der Waals surface area (Å²) in [4.78, 5) is 17.6. The molecule has 0 saturated heterocycles. The highest BCUT2D eigenvalue weighted by Gasteiger charge is 2.26. The molecule has 0 saturated carbocycles. The van der Waals surface area contributed by atoms with E-state index in [0.717, 1.165) is 46.0 Å². The van der Waals surface area contributed by atoms with Crippen LogP contribution in [0, 0.1) is 6.92 Å². The van der Waals surface area contributed by atoms with Crippen LogP contribution in [0.4, 0.5) is 0 Å². The fourth-order valence-electron chi connectivity index (χ4n) is 4.71. The molecule has 2 unspecified atom stereocenters. The number of aromatic nitrogens is 2. The van der Waals surface area contributed by atoms with Crippen LogP contribution in [0.25, 0.3) is 33.1 Å². The molecule has 1 N–H and O–H groups in total. The maximum Gasteiger partial charge on any atom is 0.333 e. The van der Waals surface area contributed by atoms with E-state index in [-0.39, 0.29) is 11.7 Å². The third kappa shape index (κ3) is 4.22. The smallest absolute Gasteiger partial charge is 0.303 e. The van der Waals surface area contributed by atoms with Gasteiger partial charge in [0, 0.05) is 36.4 Å². The first-order valence-electron chi connectivity index (χ1n) is 12.3. The van der Waals surface area contributed by atoms with Gasteiger partial charge in [-0.1, -0.05) is 52.8 Å². The van der Waals surface area contributed by atoms with Gasteiger partial charge in [-0.05, 0) is 60.6 Å². The van der Waals surface area contributed by atoms with Gasteiger partial charge in [0.25, 0.3) is 0 Å². The molecule has 2 atom stereocenters. The van der Waals surface area contributed by atoms with Crippen molar-refractivity contribution < 1.29 is 0 Å². The highest BCUT2D eigenvalue weighted by atomic mass is 16.1. The molecule has 0 bridgehead atoms. The minimum atomic E-state index is 0.00734. The van der Waals surface area contributed by atoms with Gasteiger partial charge in [-0.25, -0.2) is 4.79 Å². The van der Waals surface area contributed by atoms with Crippen molar-refractivity contribution in [2.24, 2.45) is 12.0 Å². The summed E-state index contributed by atoms with van der Waals surface area (Å²) in [6.45, 7) is 15.2. The first-order valence-corrected chi connectivity index (χ1v) is 12.3. The summed E-state index contributed by atoms with van der Waals surface area (Å²) in [6.07, 6.45) is 7.32. The predicted molar refractivity (Wildman–Crippen MR) is 144 cm³/mol. The third-order valence-electron chi connectivity index (χ3n) is 6.31. The van der Waals surface area contributed by atoms with E-state index in [9.17, 15) is 4.79 Å². The van der Waals surface area contributed by atoms with Gasteiger partial charge in [0.2, 0.25) is 0 Å². The van der Waals surface area contributed by atoms with Gasteiger partial charge in [-0.2, -0.15) is 0 Å². The Morgan fingerprint density at radius 1 is 1.15 bits per heavy atom. The zero-order chi connectivity index (χ0) is 24.3. The highest BCUT2D eigenvalue weighted by Crippen LogP contribution is 2.33. The first-order chi connectivity index (χ1) is 16.0. The molecule has 3 aromatic rings. The molecule has 0 aliphatic carbocycles. The maximum absolute atomic E-state index is 13.3. The van der Waals surface area contributed by atoms with Crippen molar-refractivity contribution in [3.63, 3.8) is 0 Å². The molecule has 0 fully saturated rings. The summed E-state index contributed by atoms with van der Waals surface area (Å²) in [6, 6.07) is 9.07. The molecule has 2 aliphatic rings. The van der Waals surface area contributed by atoms with Crippen molar-refractivity contribution in [2.45, 2.75) is 67.0 Å². The number of benzene rings is 2. The second-order valence-corrected chi connectivity index (χ2v) is 8.15. The van der Waals surface area contributed by atoms with E-state index in [2.05, 4.69) is 67.5 Å². The zero-order valence-electron chi connectivity index (χ0n) is 21.4. The fraction of sp³-hybridized carbons (Fsp3) is 0.429. The summed E-state index contributed by atoms with van der Waals surface area (Å²) in [5, 5.41) is 5.84. The molecule has 0 spiro atoms. The Morgan fingerprint density at radius 2 is 1.88 bits per heavy atom. The molecular weight excluding hydrogens is 408 g/mol. The molecule has 5 heteroatoms. The molecule has 2 aliphatic heterocycles. The number of hydrogen-bond donors (Lipinski definition) is 1. The van der Waals surface area contributed by atoms with Crippen LogP contribution >= 0.6 is 0 Å². The SMILES string of the molecule is CC.CC.CCC1C=C(n2c(=O)n(C)c3ccc4cc(C)c(C5=CCN=C5)cc4c32)C(C)N1. The Hall–Kier alpha value is -2.92. The number of aliphatic imine (C=N–C) groups is 1. The Bertz CT molecular complexity index is 1300. The van der Waals surface area contributed by atoms with E-state index in [1.807, 2.05) is 45.5 Å². The number of fused-ring (bicyclic) bond motifs is 3. The molecule has 33 heavy (non-hydrogen) atoms. The van der Waals surface area contributed by atoms with Gasteiger partial charge < -0.3 is 5.32 Å². The highest BCUT2D eigenvalue weighted by molar-refractivity contribution is 6.15. The zero-order valence-corrected chi connectivity index (χ0v) is 21.4. The number of rotatable bonds is 3. The van der Waals surface area contributed by atoms with Gasteiger partial charge in [-0.3, -0.25) is 14.1 Å². The van der Waals surface area contributed by atoms with Crippen LogP contribution < -0.4 is 11.0 Å².